The molecule has 1 amide bonds. The molecule has 1 aliphatic heterocycles. The van der Waals surface area contributed by atoms with Crippen LogP contribution in [0.5, 0.6) is 17.2 Å². The molecule has 1 aliphatic rings. The van der Waals surface area contributed by atoms with E-state index in [1.54, 1.807) is 38.9 Å². The van der Waals surface area contributed by atoms with Gasteiger partial charge in [-0.05, 0) is 42.7 Å². The van der Waals surface area contributed by atoms with E-state index in [2.05, 4.69) is 15.2 Å². The molecule has 2 heterocycles. The molecular formula is C28H35FN4O4. The topological polar surface area (TPSA) is 77.9 Å². The molecule has 1 fully saturated rings. The Hall–Kier alpha value is -3.59. The van der Waals surface area contributed by atoms with Gasteiger partial charge in [-0.3, -0.25) is 9.69 Å². The van der Waals surface area contributed by atoms with Gasteiger partial charge in [-0.1, -0.05) is 12.1 Å². The molecule has 198 valence electrons. The lowest BCUT2D eigenvalue weighted by molar-refractivity contribution is -0.127. The lowest BCUT2D eigenvalue weighted by Crippen LogP contribution is -2.47. The molecule has 8 nitrogen and oxygen atoms in total. The van der Waals surface area contributed by atoms with Crippen LogP contribution in [0.15, 0.2) is 61.2 Å². The molecule has 4 rings (SSSR count). The number of imidazole rings is 1. The summed E-state index contributed by atoms with van der Waals surface area (Å²) in [4.78, 5) is 19.4. The first-order chi connectivity index (χ1) is 18.0. The van der Waals surface area contributed by atoms with Crippen LogP contribution in [0, 0.1) is 17.7 Å². The Morgan fingerprint density at radius 2 is 2.00 bits per heavy atom. The van der Waals surface area contributed by atoms with Gasteiger partial charge in [0.25, 0.3) is 0 Å². The van der Waals surface area contributed by atoms with Gasteiger partial charge in [0.2, 0.25) is 5.91 Å². The second-order valence-electron chi connectivity index (χ2n) is 9.40. The van der Waals surface area contributed by atoms with Crippen molar-refractivity contribution in [2.24, 2.45) is 11.8 Å². The molecule has 0 unspecified atom stereocenters. The predicted octanol–water partition coefficient (Wildman–Crippen LogP) is 3.76. The van der Waals surface area contributed by atoms with Gasteiger partial charge in [0.1, 0.15) is 11.6 Å². The molecule has 1 saturated heterocycles. The second kappa shape index (κ2) is 13.1. The summed E-state index contributed by atoms with van der Waals surface area (Å²) in [6.07, 6.45) is 6.98. The molecule has 0 spiro atoms. The highest BCUT2D eigenvalue weighted by molar-refractivity contribution is 5.79. The Kier molecular flexibility index (Phi) is 9.37. The number of nitrogens with one attached hydrogen (secondary N) is 1. The van der Waals surface area contributed by atoms with Crippen molar-refractivity contribution in [2.45, 2.75) is 25.9 Å². The number of aryl methyl sites for hydroxylation is 1. The van der Waals surface area contributed by atoms with E-state index in [9.17, 15) is 9.18 Å². The van der Waals surface area contributed by atoms with E-state index in [0.717, 1.165) is 25.1 Å². The van der Waals surface area contributed by atoms with Crippen molar-refractivity contribution in [3.05, 3.63) is 72.6 Å². The molecular weight excluding hydrogens is 475 g/mol. The molecule has 2 atom stereocenters. The van der Waals surface area contributed by atoms with Crippen LogP contribution >= 0.6 is 0 Å². The first-order valence-electron chi connectivity index (χ1n) is 12.6. The summed E-state index contributed by atoms with van der Waals surface area (Å²) in [6, 6.07) is 12.0. The highest BCUT2D eigenvalue weighted by Gasteiger charge is 2.32. The summed E-state index contributed by atoms with van der Waals surface area (Å²) in [5, 5.41) is 3.11. The van der Waals surface area contributed by atoms with E-state index in [4.69, 9.17) is 14.2 Å². The smallest absolute Gasteiger partial charge is 0.224 e. The molecule has 9 heteroatoms. The van der Waals surface area contributed by atoms with Gasteiger partial charge in [-0.25, -0.2) is 9.37 Å². The number of piperidine rings is 1. The van der Waals surface area contributed by atoms with Crippen LogP contribution in [-0.4, -0.2) is 60.8 Å². The van der Waals surface area contributed by atoms with Crippen molar-refractivity contribution in [3.63, 3.8) is 0 Å². The third-order valence-electron chi connectivity index (χ3n) is 6.57. The largest absolute Gasteiger partial charge is 0.493 e. The molecule has 37 heavy (non-hydrogen) atoms. The number of rotatable bonds is 12. The third-order valence-corrected chi connectivity index (χ3v) is 6.57. The molecule has 1 aromatic heterocycles. The van der Waals surface area contributed by atoms with Gasteiger partial charge in [0, 0.05) is 57.1 Å². The monoisotopic (exact) mass is 510 g/mol. The standard InChI is InChI=1S/C28H35FN4O4/c1-35-26-8-7-21(14-27(26)36-2)16-33-17-22(19-37-25-6-3-5-24(29)15-25)13-23(18-33)28(34)31-9-4-11-32-12-10-30-20-32/h3,5-8,10,12,14-15,20,22-23H,4,9,11,13,16-19H2,1-2H3,(H,31,34)/t22-,23+/m0/s1. The summed E-state index contributed by atoms with van der Waals surface area (Å²) in [5.74, 6) is 1.54. The van der Waals surface area contributed by atoms with Gasteiger partial charge in [0.05, 0.1) is 33.1 Å². The Morgan fingerprint density at radius 1 is 1.14 bits per heavy atom. The van der Waals surface area contributed by atoms with E-state index in [1.807, 2.05) is 29.0 Å². The summed E-state index contributed by atoms with van der Waals surface area (Å²) < 4.78 is 32.3. The summed E-state index contributed by atoms with van der Waals surface area (Å²) in [5.41, 5.74) is 1.07. The maximum Gasteiger partial charge on any atom is 0.224 e. The minimum Gasteiger partial charge on any atom is -0.493 e. The number of nitrogens with zero attached hydrogens (tertiary/aromatic N) is 3. The van der Waals surface area contributed by atoms with Crippen molar-refractivity contribution in [1.82, 2.24) is 19.8 Å². The van der Waals surface area contributed by atoms with Gasteiger partial charge in [-0.15, -0.1) is 0 Å². The molecule has 3 aromatic rings. The first kappa shape index (κ1) is 26.5. The van der Waals surface area contributed by atoms with Crippen LogP contribution < -0.4 is 19.5 Å². The van der Waals surface area contributed by atoms with Crippen molar-refractivity contribution >= 4 is 5.91 Å². The van der Waals surface area contributed by atoms with Crippen molar-refractivity contribution in [2.75, 3.05) is 40.5 Å². The number of carbonyl (C=O) groups excluding carboxylic acids is 1. The number of halogens is 1. The number of benzene rings is 2. The molecule has 0 saturated carbocycles. The summed E-state index contributed by atoms with van der Waals surface area (Å²) in [6.45, 7) is 3.91. The number of hydrogen-bond acceptors (Lipinski definition) is 6. The lowest BCUT2D eigenvalue weighted by Gasteiger charge is -2.37. The summed E-state index contributed by atoms with van der Waals surface area (Å²) in [7, 11) is 3.24. The molecule has 2 aromatic carbocycles. The minimum atomic E-state index is -0.329. The number of carbonyl (C=O) groups is 1. The van der Waals surface area contributed by atoms with Crippen LogP contribution in [0.4, 0.5) is 4.39 Å². The zero-order valence-electron chi connectivity index (χ0n) is 21.4. The van der Waals surface area contributed by atoms with Crippen LogP contribution in [0.2, 0.25) is 0 Å². The molecule has 0 bridgehead atoms. The fourth-order valence-electron chi connectivity index (χ4n) is 4.79. The van der Waals surface area contributed by atoms with Crippen molar-refractivity contribution < 1.29 is 23.4 Å². The van der Waals surface area contributed by atoms with E-state index in [1.165, 1.54) is 12.1 Å². The third kappa shape index (κ3) is 7.69. The van der Waals surface area contributed by atoms with Crippen LogP contribution in [0.25, 0.3) is 0 Å². The van der Waals surface area contributed by atoms with Gasteiger partial charge in [0.15, 0.2) is 11.5 Å². The Morgan fingerprint density at radius 3 is 2.76 bits per heavy atom. The number of likely N-dealkylation sites (tertiary alicyclic amines) is 1. The normalized spacial score (nSPS) is 17.8. The maximum atomic E-state index is 13.6. The minimum absolute atomic E-state index is 0.0541. The quantitative estimate of drug-likeness (QED) is 0.374. The number of amides is 1. The maximum absolute atomic E-state index is 13.6. The highest BCUT2D eigenvalue weighted by Crippen LogP contribution is 2.30. The second-order valence-corrected chi connectivity index (χ2v) is 9.40. The highest BCUT2D eigenvalue weighted by atomic mass is 19.1. The van der Waals surface area contributed by atoms with Crippen molar-refractivity contribution in [1.29, 1.82) is 0 Å². The number of aromatic nitrogens is 2. The zero-order chi connectivity index (χ0) is 26.0. The number of ether oxygens (including phenoxy) is 3. The first-order valence-corrected chi connectivity index (χ1v) is 12.6. The number of methoxy groups -OCH3 is 2. The fourth-order valence-corrected chi connectivity index (χ4v) is 4.79. The Bertz CT molecular complexity index is 1140. The zero-order valence-corrected chi connectivity index (χ0v) is 21.4. The van der Waals surface area contributed by atoms with Gasteiger partial charge < -0.3 is 24.1 Å². The average Bonchev–Trinajstić information content (AvgIpc) is 3.43. The number of hydrogen-bond donors (Lipinski definition) is 1. The van der Waals surface area contributed by atoms with Crippen LogP contribution in [0.3, 0.4) is 0 Å². The Balaban J connectivity index is 1.39. The summed E-state index contributed by atoms with van der Waals surface area (Å²) >= 11 is 0. The van der Waals surface area contributed by atoms with E-state index >= 15 is 0 Å². The van der Waals surface area contributed by atoms with Crippen LogP contribution in [0.1, 0.15) is 18.4 Å². The van der Waals surface area contributed by atoms with E-state index in [0.29, 0.717) is 49.9 Å². The SMILES string of the molecule is COc1ccc(CN2C[C@@H](COc3cccc(F)c3)C[C@@H](C(=O)NCCCn3ccnc3)C2)cc1OC. The lowest BCUT2D eigenvalue weighted by atomic mass is 9.88. The van der Waals surface area contributed by atoms with Gasteiger partial charge >= 0.3 is 0 Å². The van der Waals surface area contributed by atoms with Crippen LogP contribution in [-0.2, 0) is 17.9 Å². The molecule has 1 N–H and O–H groups in total. The molecule has 0 aliphatic carbocycles. The van der Waals surface area contributed by atoms with E-state index in [-0.39, 0.29) is 23.6 Å². The molecule has 0 radical (unpaired) electrons. The fraction of sp³-hybridized carbons (Fsp3) is 0.429. The predicted molar refractivity (Wildman–Crippen MR) is 138 cm³/mol. The average molecular weight is 511 g/mol. The van der Waals surface area contributed by atoms with Crippen molar-refractivity contribution in [3.8, 4) is 17.2 Å². The van der Waals surface area contributed by atoms with E-state index < -0.39 is 0 Å². The van der Waals surface area contributed by atoms with Gasteiger partial charge in [-0.2, -0.15) is 0 Å². The Labute approximate surface area is 217 Å².